The summed E-state index contributed by atoms with van der Waals surface area (Å²) in [5, 5.41) is 5.59. The van der Waals surface area contributed by atoms with Crippen LogP contribution in [-0.2, 0) is 10.0 Å². The van der Waals surface area contributed by atoms with E-state index in [1.54, 1.807) is 36.6 Å². The zero-order chi connectivity index (χ0) is 19.6. The lowest BCUT2D eigenvalue weighted by atomic mass is 10.2. The normalized spacial score (nSPS) is 11.4. The van der Waals surface area contributed by atoms with Gasteiger partial charge >= 0.3 is 0 Å². The van der Waals surface area contributed by atoms with Gasteiger partial charge in [-0.1, -0.05) is 29.8 Å². The molecule has 0 aliphatic rings. The van der Waals surface area contributed by atoms with Gasteiger partial charge in [0.1, 0.15) is 10.7 Å². The lowest BCUT2D eigenvalue weighted by Gasteiger charge is -2.09. The molecule has 1 amide bonds. The minimum absolute atomic E-state index is 0.112. The number of aryl methyl sites for hydroxylation is 1. The fourth-order valence-electron chi connectivity index (χ4n) is 2.40. The Hall–Kier alpha value is -2.26. The van der Waals surface area contributed by atoms with Gasteiger partial charge in [-0.05, 0) is 43.8 Å². The number of anilines is 1. The Morgan fingerprint density at radius 3 is 2.67 bits per heavy atom. The van der Waals surface area contributed by atoms with Crippen molar-refractivity contribution in [2.75, 3.05) is 12.4 Å². The molecule has 0 spiro atoms. The molecule has 3 aromatic rings. The van der Waals surface area contributed by atoms with Crippen molar-refractivity contribution in [3.8, 4) is 10.6 Å². The topological polar surface area (TPSA) is 88.2 Å². The average Bonchev–Trinajstić information content (AvgIpc) is 3.13. The number of hydrogen-bond acceptors (Lipinski definition) is 5. The highest BCUT2D eigenvalue weighted by molar-refractivity contribution is 7.89. The molecule has 0 unspecified atom stereocenters. The molecule has 0 bridgehead atoms. The Morgan fingerprint density at radius 2 is 1.96 bits per heavy atom. The van der Waals surface area contributed by atoms with Crippen LogP contribution < -0.4 is 10.0 Å². The molecule has 0 atom stereocenters. The summed E-state index contributed by atoms with van der Waals surface area (Å²) in [6.45, 7) is 1.69. The van der Waals surface area contributed by atoms with Crippen molar-refractivity contribution in [2.24, 2.45) is 0 Å². The molecular weight excluding hydrogens is 406 g/mol. The van der Waals surface area contributed by atoms with Gasteiger partial charge in [-0.3, -0.25) is 4.79 Å². The largest absolute Gasteiger partial charge is 0.321 e. The van der Waals surface area contributed by atoms with Gasteiger partial charge in [0, 0.05) is 21.7 Å². The molecule has 0 aliphatic heterocycles. The maximum Gasteiger partial charge on any atom is 0.275 e. The zero-order valence-electron chi connectivity index (χ0n) is 14.5. The molecule has 140 valence electrons. The SMILES string of the molecule is CNS(=O)(=O)c1cc(NC(=O)c2csc(-c3cccc(Cl)c3)n2)ccc1C. The van der Waals surface area contributed by atoms with E-state index in [0.717, 1.165) is 5.56 Å². The highest BCUT2D eigenvalue weighted by atomic mass is 35.5. The van der Waals surface area contributed by atoms with E-state index in [1.165, 1.54) is 24.5 Å². The monoisotopic (exact) mass is 421 g/mol. The number of nitrogens with one attached hydrogen (secondary N) is 2. The standard InChI is InChI=1S/C18H16ClN3O3S2/c1-11-6-7-14(9-16(11)27(24,25)20-2)21-17(23)15-10-26-18(22-15)12-4-3-5-13(19)8-12/h3-10,20H,1-2H3,(H,21,23). The first kappa shape index (κ1) is 19.5. The minimum Gasteiger partial charge on any atom is -0.321 e. The first-order chi connectivity index (χ1) is 12.8. The highest BCUT2D eigenvalue weighted by Crippen LogP contribution is 2.27. The second-order valence-corrected chi connectivity index (χ2v) is 8.84. The van der Waals surface area contributed by atoms with Crippen molar-refractivity contribution < 1.29 is 13.2 Å². The van der Waals surface area contributed by atoms with E-state index in [-0.39, 0.29) is 10.6 Å². The second-order valence-electron chi connectivity index (χ2n) is 5.69. The van der Waals surface area contributed by atoms with Crippen LogP contribution in [0.3, 0.4) is 0 Å². The molecule has 2 N–H and O–H groups in total. The van der Waals surface area contributed by atoms with E-state index < -0.39 is 15.9 Å². The molecule has 27 heavy (non-hydrogen) atoms. The van der Waals surface area contributed by atoms with E-state index in [4.69, 9.17) is 11.6 Å². The minimum atomic E-state index is -3.62. The Labute approximate surface area is 166 Å². The van der Waals surface area contributed by atoms with Crippen molar-refractivity contribution >= 4 is 44.6 Å². The number of carbonyl (C=O) groups excluding carboxylic acids is 1. The maximum absolute atomic E-state index is 12.5. The molecule has 0 saturated heterocycles. The van der Waals surface area contributed by atoms with Gasteiger partial charge in [-0.2, -0.15) is 0 Å². The molecule has 3 rings (SSSR count). The van der Waals surface area contributed by atoms with Crippen LogP contribution in [0.25, 0.3) is 10.6 Å². The van der Waals surface area contributed by atoms with E-state index >= 15 is 0 Å². The van der Waals surface area contributed by atoms with Crippen molar-refractivity contribution in [2.45, 2.75) is 11.8 Å². The fraction of sp³-hybridized carbons (Fsp3) is 0.111. The number of rotatable bonds is 5. The Bertz CT molecular complexity index is 1110. The van der Waals surface area contributed by atoms with Crippen LogP contribution >= 0.6 is 22.9 Å². The van der Waals surface area contributed by atoms with E-state index in [1.807, 2.05) is 12.1 Å². The fourth-order valence-corrected chi connectivity index (χ4v) is 4.39. The molecule has 0 saturated carbocycles. The number of hydrogen-bond donors (Lipinski definition) is 2. The van der Waals surface area contributed by atoms with Gasteiger partial charge < -0.3 is 5.32 Å². The Morgan fingerprint density at radius 1 is 1.19 bits per heavy atom. The molecule has 6 nitrogen and oxygen atoms in total. The molecule has 1 aromatic heterocycles. The summed E-state index contributed by atoms with van der Waals surface area (Å²) in [6, 6.07) is 11.9. The van der Waals surface area contributed by atoms with Gasteiger partial charge in [0.2, 0.25) is 10.0 Å². The number of thiazole rings is 1. The predicted molar refractivity (Wildman–Crippen MR) is 108 cm³/mol. The molecule has 9 heteroatoms. The Kier molecular flexibility index (Phi) is 5.61. The zero-order valence-corrected chi connectivity index (χ0v) is 16.9. The van der Waals surface area contributed by atoms with E-state index in [0.29, 0.717) is 21.3 Å². The average molecular weight is 422 g/mol. The van der Waals surface area contributed by atoms with Gasteiger partial charge in [0.25, 0.3) is 5.91 Å². The van der Waals surface area contributed by atoms with Gasteiger partial charge in [0.05, 0.1) is 4.90 Å². The van der Waals surface area contributed by atoms with Crippen molar-refractivity contribution in [1.82, 2.24) is 9.71 Å². The molecule has 2 aromatic carbocycles. The van der Waals surface area contributed by atoms with Crippen molar-refractivity contribution in [1.29, 1.82) is 0 Å². The first-order valence-corrected chi connectivity index (χ1v) is 10.6. The van der Waals surface area contributed by atoms with Crippen LogP contribution in [-0.4, -0.2) is 26.4 Å². The van der Waals surface area contributed by atoms with E-state index in [2.05, 4.69) is 15.0 Å². The third kappa shape index (κ3) is 4.36. The summed E-state index contributed by atoms with van der Waals surface area (Å²) >= 11 is 7.32. The Balaban J connectivity index is 1.83. The lowest BCUT2D eigenvalue weighted by Crippen LogP contribution is -2.20. The highest BCUT2D eigenvalue weighted by Gasteiger charge is 2.17. The summed E-state index contributed by atoms with van der Waals surface area (Å²) in [4.78, 5) is 16.9. The van der Waals surface area contributed by atoms with Crippen LogP contribution in [0.2, 0.25) is 5.02 Å². The molecule has 0 fully saturated rings. The molecular formula is C18H16ClN3O3S2. The summed E-state index contributed by atoms with van der Waals surface area (Å²) < 4.78 is 26.4. The van der Waals surface area contributed by atoms with Crippen LogP contribution in [0.15, 0.2) is 52.7 Å². The summed E-state index contributed by atoms with van der Waals surface area (Å²) in [7, 11) is -2.28. The van der Waals surface area contributed by atoms with Crippen LogP contribution in [0.5, 0.6) is 0 Å². The van der Waals surface area contributed by atoms with Crippen LogP contribution in [0, 0.1) is 6.92 Å². The van der Waals surface area contributed by atoms with Gasteiger partial charge in [0.15, 0.2) is 0 Å². The summed E-state index contributed by atoms with van der Waals surface area (Å²) in [5.74, 6) is -0.420. The number of aromatic nitrogens is 1. The van der Waals surface area contributed by atoms with Crippen molar-refractivity contribution in [3.63, 3.8) is 0 Å². The smallest absolute Gasteiger partial charge is 0.275 e. The lowest BCUT2D eigenvalue weighted by molar-refractivity contribution is 0.102. The van der Waals surface area contributed by atoms with Gasteiger partial charge in [-0.25, -0.2) is 18.1 Å². The molecule has 1 heterocycles. The number of sulfonamides is 1. The number of amides is 1. The summed E-state index contributed by atoms with van der Waals surface area (Å²) in [5.41, 5.74) is 2.02. The van der Waals surface area contributed by atoms with Gasteiger partial charge in [-0.15, -0.1) is 11.3 Å². The first-order valence-electron chi connectivity index (χ1n) is 7.87. The molecule has 0 aliphatic carbocycles. The number of carbonyl (C=O) groups is 1. The molecule has 0 radical (unpaired) electrons. The van der Waals surface area contributed by atoms with Crippen molar-refractivity contribution in [3.05, 3.63) is 64.1 Å². The number of benzene rings is 2. The predicted octanol–water partition coefficient (Wildman–Crippen LogP) is 3.93. The van der Waals surface area contributed by atoms with Crippen LogP contribution in [0.1, 0.15) is 16.1 Å². The maximum atomic E-state index is 12.5. The quantitative estimate of drug-likeness (QED) is 0.653. The van der Waals surface area contributed by atoms with E-state index in [9.17, 15) is 13.2 Å². The number of halogens is 1. The van der Waals surface area contributed by atoms with Crippen LogP contribution in [0.4, 0.5) is 5.69 Å². The third-order valence-corrected chi connectivity index (χ3v) is 6.50. The summed E-state index contributed by atoms with van der Waals surface area (Å²) in [6.07, 6.45) is 0. The number of nitrogens with zero attached hydrogens (tertiary/aromatic N) is 1. The third-order valence-electron chi connectivity index (χ3n) is 3.81. The second kappa shape index (κ2) is 7.77.